The predicted molar refractivity (Wildman–Crippen MR) is 81.7 cm³/mol. The van der Waals surface area contributed by atoms with E-state index in [-0.39, 0.29) is 5.91 Å². The van der Waals surface area contributed by atoms with Crippen LogP contribution in [0.2, 0.25) is 0 Å². The van der Waals surface area contributed by atoms with Crippen molar-refractivity contribution in [3.63, 3.8) is 0 Å². The Hall–Kier alpha value is -1.29. The normalized spacial score (nSPS) is 17.8. The molecule has 0 fully saturated rings. The lowest BCUT2D eigenvalue weighted by molar-refractivity contribution is -0.120. The SMILES string of the molecule is CCCNC1CCCc2cn(CCCC(=O)NC)cc21. The van der Waals surface area contributed by atoms with Crippen LogP contribution in [0.3, 0.4) is 0 Å². The van der Waals surface area contributed by atoms with E-state index < -0.39 is 0 Å². The highest BCUT2D eigenvalue weighted by molar-refractivity contribution is 5.75. The molecule has 1 amide bonds. The molecule has 20 heavy (non-hydrogen) atoms. The molecular formula is C16H27N3O. The van der Waals surface area contributed by atoms with Crippen molar-refractivity contribution in [3.8, 4) is 0 Å². The fraction of sp³-hybridized carbons (Fsp3) is 0.688. The van der Waals surface area contributed by atoms with E-state index in [1.807, 2.05) is 0 Å². The highest BCUT2D eigenvalue weighted by Gasteiger charge is 2.21. The standard InChI is InChI=1S/C16H27N3O/c1-3-9-18-15-7-4-6-13-11-19(12-14(13)15)10-5-8-16(20)17-2/h11-12,15,18H,3-10H2,1-2H3,(H,17,20). The van der Waals surface area contributed by atoms with Crippen LogP contribution in [0.4, 0.5) is 0 Å². The average Bonchev–Trinajstić information content (AvgIpc) is 2.88. The van der Waals surface area contributed by atoms with Crippen LogP contribution in [0.15, 0.2) is 12.4 Å². The molecule has 1 aliphatic rings. The smallest absolute Gasteiger partial charge is 0.219 e. The minimum atomic E-state index is 0.129. The van der Waals surface area contributed by atoms with Crippen molar-refractivity contribution < 1.29 is 4.79 Å². The summed E-state index contributed by atoms with van der Waals surface area (Å²) in [5.41, 5.74) is 2.97. The van der Waals surface area contributed by atoms with Crippen LogP contribution in [0, 0.1) is 0 Å². The summed E-state index contributed by atoms with van der Waals surface area (Å²) in [6.45, 7) is 4.23. The monoisotopic (exact) mass is 277 g/mol. The maximum absolute atomic E-state index is 11.2. The Morgan fingerprint density at radius 2 is 2.30 bits per heavy atom. The first kappa shape index (κ1) is 15.1. The van der Waals surface area contributed by atoms with Crippen LogP contribution >= 0.6 is 0 Å². The van der Waals surface area contributed by atoms with Crippen LogP contribution in [0.25, 0.3) is 0 Å². The van der Waals surface area contributed by atoms with Crippen molar-refractivity contribution in [1.82, 2.24) is 15.2 Å². The molecule has 0 aliphatic heterocycles. The van der Waals surface area contributed by atoms with Gasteiger partial charge in [0.2, 0.25) is 5.91 Å². The zero-order chi connectivity index (χ0) is 14.4. The molecule has 2 rings (SSSR count). The number of hydrogen-bond acceptors (Lipinski definition) is 2. The van der Waals surface area contributed by atoms with Gasteiger partial charge in [-0.2, -0.15) is 0 Å². The van der Waals surface area contributed by atoms with E-state index in [4.69, 9.17) is 0 Å². The van der Waals surface area contributed by atoms with Crippen molar-refractivity contribution in [2.24, 2.45) is 0 Å². The van der Waals surface area contributed by atoms with Crippen molar-refractivity contribution in [2.45, 2.75) is 58.0 Å². The van der Waals surface area contributed by atoms with E-state index in [2.05, 4.69) is 34.5 Å². The molecule has 0 radical (unpaired) electrons. The summed E-state index contributed by atoms with van der Waals surface area (Å²) in [6.07, 6.45) is 11.0. The molecular weight excluding hydrogens is 250 g/mol. The van der Waals surface area contributed by atoms with Crippen molar-refractivity contribution in [2.75, 3.05) is 13.6 Å². The summed E-state index contributed by atoms with van der Waals surface area (Å²) in [4.78, 5) is 11.2. The lowest BCUT2D eigenvalue weighted by atomic mass is 9.91. The number of carbonyl (C=O) groups is 1. The minimum absolute atomic E-state index is 0.129. The lowest BCUT2D eigenvalue weighted by Gasteiger charge is -2.23. The summed E-state index contributed by atoms with van der Waals surface area (Å²) >= 11 is 0. The van der Waals surface area contributed by atoms with E-state index >= 15 is 0 Å². The minimum Gasteiger partial charge on any atom is -0.359 e. The summed E-state index contributed by atoms with van der Waals surface area (Å²) in [5, 5.41) is 6.32. The second-order valence-electron chi connectivity index (χ2n) is 5.65. The van der Waals surface area contributed by atoms with Gasteiger partial charge in [0, 0.05) is 38.4 Å². The molecule has 0 saturated heterocycles. The van der Waals surface area contributed by atoms with E-state index in [1.165, 1.54) is 36.8 Å². The molecule has 1 aliphatic carbocycles. The quantitative estimate of drug-likeness (QED) is 0.804. The third-order valence-electron chi connectivity index (χ3n) is 4.05. The van der Waals surface area contributed by atoms with Gasteiger partial charge in [0.15, 0.2) is 0 Å². The number of rotatable bonds is 7. The lowest BCUT2D eigenvalue weighted by Crippen LogP contribution is -2.24. The second-order valence-corrected chi connectivity index (χ2v) is 5.65. The fourth-order valence-corrected chi connectivity index (χ4v) is 2.96. The molecule has 1 atom stereocenters. The largest absolute Gasteiger partial charge is 0.359 e. The van der Waals surface area contributed by atoms with Crippen LogP contribution in [0.1, 0.15) is 56.2 Å². The number of amides is 1. The van der Waals surface area contributed by atoms with Gasteiger partial charge >= 0.3 is 0 Å². The number of aromatic nitrogens is 1. The van der Waals surface area contributed by atoms with Gasteiger partial charge in [-0.15, -0.1) is 0 Å². The Labute approximate surface area is 121 Å². The second kappa shape index (κ2) is 7.48. The Balaban J connectivity index is 1.93. The molecule has 1 aromatic rings. The molecule has 1 aromatic heterocycles. The number of nitrogens with one attached hydrogen (secondary N) is 2. The van der Waals surface area contributed by atoms with Crippen LogP contribution < -0.4 is 10.6 Å². The highest BCUT2D eigenvalue weighted by Crippen LogP contribution is 2.30. The summed E-state index contributed by atoms with van der Waals surface area (Å²) < 4.78 is 2.26. The van der Waals surface area contributed by atoms with Gasteiger partial charge in [0.25, 0.3) is 0 Å². The van der Waals surface area contributed by atoms with Gasteiger partial charge in [0.1, 0.15) is 0 Å². The topological polar surface area (TPSA) is 46.1 Å². The predicted octanol–water partition coefficient (Wildman–Crippen LogP) is 2.39. The zero-order valence-corrected chi connectivity index (χ0v) is 12.7. The van der Waals surface area contributed by atoms with Gasteiger partial charge < -0.3 is 15.2 Å². The molecule has 1 unspecified atom stereocenters. The molecule has 2 N–H and O–H groups in total. The van der Waals surface area contributed by atoms with Gasteiger partial charge in [-0.25, -0.2) is 0 Å². The molecule has 4 heteroatoms. The molecule has 0 saturated carbocycles. The van der Waals surface area contributed by atoms with E-state index in [0.717, 1.165) is 19.5 Å². The van der Waals surface area contributed by atoms with Crippen LogP contribution in [-0.4, -0.2) is 24.1 Å². The maximum atomic E-state index is 11.2. The Morgan fingerprint density at radius 3 is 3.05 bits per heavy atom. The molecule has 112 valence electrons. The Kier molecular flexibility index (Phi) is 5.65. The van der Waals surface area contributed by atoms with Gasteiger partial charge in [-0.3, -0.25) is 4.79 Å². The molecule has 0 aromatic carbocycles. The van der Waals surface area contributed by atoms with Crippen LogP contribution in [0.5, 0.6) is 0 Å². The molecule has 0 bridgehead atoms. The maximum Gasteiger partial charge on any atom is 0.219 e. The fourth-order valence-electron chi connectivity index (χ4n) is 2.96. The number of fused-ring (bicyclic) bond motifs is 1. The summed E-state index contributed by atoms with van der Waals surface area (Å²) in [6, 6.07) is 0.527. The van der Waals surface area contributed by atoms with Crippen LogP contribution in [-0.2, 0) is 17.8 Å². The van der Waals surface area contributed by atoms with Gasteiger partial charge in [-0.1, -0.05) is 6.92 Å². The zero-order valence-electron chi connectivity index (χ0n) is 12.7. The summed E-state index contributed by atoms with van der Waals surface area (Å²) in [7, 11) is 1.70. The van der Waals surface area contributed by atoms with Crippen molar-refractivity contribution in [1.29, 1.82) is 0 Å². The Bertz CT molecular complexity index is 439. The molecule has 1 heterocycles. The highest BCUT2D eigenvalue weighted by atomic mass is 16.1. The first-order valence-corrected chi connectivity index (χ1v) is 7.87. The van der Waals surface area contributed by atoms with Gasteiger partial charge in [-0.05, 0) is 49.8 Å². The Morgan fingerprint density at radius 1 is 1.45 bits per heavy atom. The van der Waals surface area contributed by atoms with E-state index in [1.54, 1.807) is 7.05 Å². The third-order valence-corrected chi connectivity index (χ3v) is 4.05. The summed E-state index contributed by atoms with van der Waals surface area (Å²) in [5.74, 6) is 0.129. The number of hydrogen-bond donors (Lipinski definition) is 2. The van der Waals surface area contributed by atoms with Gasteiger partial charge in [0.05, 0.1) is 0 Å². The van der Waals surface area contributed by atoms with E-state index in [0.29, 0.717) is 12.5 Å². The number of carbonyl (C=O) groups excluding carboxylic acids is 1. The first-order valence-electron chi connectivity index (χ1n) is 7.87. The third kappa shape index (κ3) is 3.85. The van der Waals surface area contributed by atoms with Crippen molar-refractivity contribution in [3.05, 3.63) is 23.5 Å². The van der Waals surface area contributed by atoms with E-state index in [9.17, 15) is 4.79 Å². The molecule has 4 nitrogen and oxygen atoms in total. The number of nitrogens with zero attached hydrogens (tertiary/aromatic N) is 1. The number of aryl methyl sites for hydroxylation is 2. The molecule has 0 spiro atoms. The average molecular weight is 277 g/mol. The first-order chi connectivity index (χ1) is 9.74. The van der Waals surface area contributed by atoms with Crippen molar-refractivity contribution >= 4 is 5.91 Å².